The molecule has 2 aromatic carbocycles. The topological polar surface area (TPSA) is 61.2 Å². The number of fused-ring (bicyclic) bond motifs is 1. The minimum atomic E-state index is -0.150. The highest BCUT2D eigenvalue weighted by molar-refractivity contribution is 7.99. The van der Waals surface area contributed by atoms with Crippen LogP contribution in [0.5, 0.6) is 5.75 Å². The molecule has 0 bridgehead atoms. The molecule has 158 valence electrons. The van der Waals surface area contributed by atoms with Crippen molar-refractivity contribution in [3.63, 3.8) is 0 Å². The predicted octanol–water partition coefficient (Wildman–Crippen LogP) is 5.65. The van der Waals surface area contributed by atoms with Crippen LogP contribution < -0.4 is 10.3 Å². The summed E-state index contributed by atoms with van der Waals surface area (Å²) in [6.07, 6.45) is 0.833. The molecule has 8 heteroatoms. The minimum Gasteiger partial charge on any atom is -0.497 e. The lowest BCUT2D eigenvalue weighted by molar-refractivity contribution is 0.102. The highest BCUT2D eigenvalue weighted by Crippen LogP contribution is 2.27. The van der Waals surface area contributed by atoms with Crippen LogP contribution in [-0.4, -0.2) is 28.2 Å². The third kappa shape index (κ3) is 4.54. The summed E-state index contributed by atoms with van der Waals surface area (Å²) in [5.74, 6) is 0.798. The first kappa shape index (κ1) is 21.6. The third-order valence-electron chi connectivity index (χ3n) is 4.76. The molecule has 0 aliphatic carbocycles. The van der Waals surface area contributed by atoms with Crippen molar-refractivity contribution in [2.24, 2.45) is 0 Å². The van der Waals surface area contributed by atoms with E-state index in [1.54, 1.807) is 60.2 Å². The maximum Gasteiger partial charge on any atom is 0.267 e. The first-order valence-electron chi connectivity index (χ1n) is 9.61. The third-order valence-corrected chi connectivity index (χ3v) is 7.13. The first-order valence-corrected chi connectivity index (χ1v) is 11.8. The zero-order valence-electron chi connectivity index (χ0n) is 16.9. The normalized spacial score (nSPS) is 11.1. The van der Waals surface area contributed by atoms with Crippen LogP contribution in [0.15, 0.2) is 64.5 Å². The fraction of sp³-hybridized carbons (Fsp3) is 0.174. The minimum absolute atomic E-state index is 0.0509. The quantitative estimate of drug-likeness (QED) is 0.198. The van der Waals surface area contributed by atoms with Gasteiger partial charge in [0.2, 0.25) is 0 Å². The van der Waals surface area contributed by atoms with Gasteiger partial charge < -0.3 is 4.74 Å². The average molecular weight is 471 g/mol. The molecule has 4 rings (SSSR count). The molecule has 0 atom stereocenters. The Morgan fingerprint density at radius 3 is 2.52 bits per heavy atom. The van der Waals surface area contributed by atoms with Crippen LogP contribution >= 0.6 is 34.7 Å². The Labute approximate surface area is 192 Å². The number of thioether (sulfide) groups is 1. The van der Waals surface area contributed by atoms with Gasteiger partial charge >= 0.3 is 0 Å². The molecule has 0 amide bonds. The van der Waals surface area contributed by atoms with Gasteiger partial charge in [-0.15, -0.1) is 11.3 Å². The summed E-state index contributed by atoms with van der Waals surface area (Å²) in [5, 5.41) is 1.65. The predicted molar refractivity (Wildman–Crippen MR) is 128 cm³/mol. The number of ether oxygens (including phenoxy) is 1. The van der Waals surface area contributed by atoms with E-state index >= 15 is 0 Å². The Morgan fingerprint density at radius 1 is 1.16 bits per heavy atom. The molecule has 0 radical (unpaired) electrons. The Morgan fingerprint density at radius 2 is 1.87 bits per heavy atom. The average Bonchev–Trinajstić information content (AvgIpc) is 3.22. The van der Waals surface area contributed by atoms with E-state index < -0.39 is 0 Å². The second-order valence-corrected chi connectivity index (χ2v) is 9.23. The van der Waals surface area contributed by atoms with Crippen molar-refractivity contribution in [2.75, 3.05) is 12.9 Å². The van der Waals surface area contributed by atoms with Gasteiger partial charge in [-0.1, -0.05) is 30.3 Å². The fourth-order valence-electron chi connectivity index (χ4n) is 3.09. The molecule has 31 heavy (non-hydrogen) atoms. The van der Waals surface area contributed by atoms with Gasteiger partial charge in [0.25, 0.3) is 5.56 Å². The number of aryl methyl sites for hydroxylation is 1. The van der Waals surface area contributed by atoms with Gasteiger partial charge in [0.1, 0.15) is 10.6 Å². The molecule has 5 nitrogen and oxygen atoms in total. The number of benzene rings is 2. The molecule has 0 fully saturated rings. The lowest BCUT2D eigenvalue weighted by Gasteiger charge is -2.12. The maximum absolute atomic E-state index is 13.3. The largest absolute Gasteiger partial charge is 0.497 e. The van der Waals surface area contributed by atoms with E-state index in [9.17, 15) is 9.59 Å². The number of aromatic nitrogens is 2. The number of hydrogen-bond acceptors (Lipinski definition) is 6. The Bertz CT molecular complexity index is 1300. The molecule has 0 N–H and O–H groups in total. The molecule has 0 saturated heterocycles. The standard InChI is InChI=1S/C23H19ClN2O3S2/c1-3-18-12-19-21(31-18)25-23(26(22(19)28)16-8-6-15(24)7-9-16)30-13-20(27)14-4-10-17(29-2)11-5-14/h4-12H,3,13H2,1-2H3. The number of Topliss-reactive ketones (excluding diaryl/α,β-unsaturated/α-hetero) is 1. The van der Waals surface area contributed by atoms with Gasteiger partial charge in [0, 0.05) is 15.5 Å². The number of nitrogens with zero attached hydrogens (tertiary/aromatic N) is 2. The van der Waals surface area contributed by atoms with E-state index in [-0.39, 0.29) is 17.1 Å². The molecule has 2 aromatic heterocycles. The van der Waals surface area contributed by atoms with Gasteiger partial charge in [-0.05, 0) is 61.0 Å². The van der Waals surface area contributed by atoms with Gasteiger partial charge in [-0.2, -0.15) is 0 Å². The van der Waals surface area contributed by atoms with Gasteiger partial charge in [-0.3, -0.25) is 14.2 Å². The lowest BCUT2D eigenvalue weighted by atomic mass is 10.1. The molecule has 0 unspecified atom stereocenters. The Kier molecular flexibility index (Phi) is 6.46. The van der Waals surface area contributed by atoms with E-state index in [0.717, 1.165) is 11.3 Å². The van der Waals surface area contributed by atoms with Crippen molar-refractivity contribution in [2.45, 2.75) is 18.5 Å². The number of carbonyl (C=O) groups excluding carboxylic acids is 1. The van der Waals surface area contributed by atoms with Gasteiger partial charge in [0.15, 0.2) is 10.9 Å². The van der Waals surface area contributed by atoms with Crippen molar-refractivity contribution in [3.8, 4) is 11.4 Å². The van der Waals surface area contributed by atoms with Crippen molar-refractivity contribution in [3.05, 3.63) is 80.4 Å². The summed E-state index contributed by atoms with van der Waals surface area (Å²) in [6.45, 7) is 2.05. The van der Waals surface area contributed by atoms with Crippen molar-refractivity contribution in [1.29, 1.82) is 0 Å². The molecular formula is C23H19ClN2O3S2. The van der Waals surface area contributed by atoms with E-state index in [1.807, 2.05) is 13.0 Å². The van der Waals surface area contributed by atoms with Crippen LogP contribution in [0.2, 0.25) is 5.02 Å². The number of halogens is 1. The summed E-state index contributed by atoms with van der Waals surface area (Å²) >= 11 is 8.79. The van der Waals surface area contributed by atoms with Gasteiger partial charge in [0.05, 0.1) is 23.9 Å². The zero-order chi connectivity index (χ0) is 22.0. The highest BCUT2D eigenvalue weighted by Gasteiger charge is 2.17. The SMILES string of the molecule is CCc1cc2c(=O)n(-c3ccc(Cl)cc3)c(SCC(=O)c3ccc(OC)cc3)nc2s1. The van der Waals surface area contributed by atoms with E-state index in [4.69, 9.17) is 21.3 Å². The number of carbonyl (C=O) groups is 1. The van der Waals surface area contributed by atoms with E-state index in [2.05, 4.69) is 0 Å². The van der Waals surface area contributed by atoms with Crippen LogP contribution in [0.3, 0.4) is 0 Å². The number of rotatable bonds is 7. The second kappa shape index (κ2) is 9.26. The Balaban J connectivity index is 1.72. The molecule has 0 spiro atoms. The summed E-state index contributed by atoms with van der Waals surface area (Å²) in [6, 6.07) is 15.9. The molecule has 0 saturated carbocycles. The second-order valence-electron chi connectivity index (χ2n) is 6.74. The number of ketones is 1. The highest BCUT2D eigenvalue weighted by atomic mass is 35.5. The summed E-state index contributed by atoms with van der Waals surface area (Å²) in [4.78, 5) is 32.6. The molecule has 4 aromatic rings. The number of hydrogen-bond donors (Lipinski definition) is 0. The van der Waals surface area contributed by atoms with Gasteiger partial charge in [-0.25, -0.2) is 4.98 Å². The Hall–Kier alpha value is -2.61. The van der Waals surface area contributed by atoms with E-state index in [1.165, 1.54) is 23.1 Å². The molecule has 0 aliphatic heterocycles. The van der Waals surface area contributed by atoms with Crippen LogP contribution in [0.25, 0.3) is 15.9 Å². The van der Waals surface area contributed by atoms with Crippen molar-refractivity contribution >= 4 is 50.7 Å². The maximum atomic E-state index is 13.3. The van der Waals surface area contributed by atoms with Crippen LogP contribution in [0, 0.1) is 0 Å². The number of thiophene rings is 1. The lowest BCUT2D eigenvalue weighted by Crippen LogP contribution is -2.21. The first-order chi connectivity index (χ1) is 15.0. The summed E-state index contributed by atoms with van der Waals surface area (Å²) in [5.41, 5.74) is 1.09. The van der Waals surface area contributed by atoms with Crippen LogP contribution in [0.1, 0.15) is 22.2 Å². The monoisotopic (exact) mass is 470 g/mol. The van der Waals surface area contributed by atoms with Crippen LogP contribution in [-0.2, 0) is 6.42 Å². The van der Waals surface area contributed by atoms with Crippen molar-refractivity contribution in [1.82, 2.24) is 9.55 Å². The molecular weight excluding hydrogens is 452 g/mol. The summed E-state index contributed by atoms with van der Waals surface area (Å²) in [7, 11) is 1.58. The summed E-state index contributed by atoms with van der Waals surface area (Å²) < 4.78 is 6.70. The smallest absolute Gasteiger partial charge is 0.267 e. The fourth-order valence-corrected chi connectivity index (χ4v) is 5.13. The van der Waals surface area contributed by atoms with Crippen LogP contribution in [0.4, 0.5) is 0 Å². The molecule has 2 heterocycles. The van der Waals surface area contributed by atoms with Crippen molar-refractivity contribution < 1.29 is 9.53 Å². The molecule has 0 aliphatic rings. The number of methoxy groups -OCH3 is 1. The van der Waals surface area contributed by atoms with E-state index in [0.29, 0.717) is 37.4 Å². The zero-order valence-corrected chi connectivity index (χ0v) is 19.3.